The fourth-order valence-corrected chi connectivity index (χ4v) is 2.90. The SMILES string of the molecule is CCn1ncc(Cl)c1CNC(=O)c1ccc(COc2c(F)c(F)cc(F)c2F)cc1. The molecular formula is C20H16ClF4N3O2. The summed E-state index contributed by atoms with van der Waals surface area (Å²) in [5, 5.41) is 7.25. The third-order valence-corrected chi connectivity index (χ3v) is 4.60. The number of hydrogen-bond acceptors (Lipinski definition) is 3. The third-order valence-electron chi connectivity index (χ3n) is 4.28. The first-order valence-electron chi connectivity index (χ1n) is 8.85. The summed E-state index contributed by atoms with van der Waals surface area (Å²) in [5.74, 6) is -7.85. The molecule has 0 aliphatic carbocycles. The molecule has 0 unspecified atom stereocenters. The van der Waals surface area contributed by atoms with E-state index in [0.29, 0.717) is 28.4 Å². The Bertz CT molecular complexity index is 1040. The van der Waals surface area contributed by atoms with Crippen molar-refractivity contribution in [1.29, 1.82) is 0 Å². The summed E-state index contributed by atoms with van der Waals surface area (Å²) < 4.78 is 60.2. The Morgan fingerprint density at radius 1 is 1.13 bits per heavy atom. The minimum atomic E-state index is -1.62. The molecule has 0 aliphatic rings. The van der Waals surface area contributed by atoms with Crippen LogP contribution in [0.1, 0.15) is 28.5 Å². The maximum atomic E-state index is 13.6. The fourth-order valence-electron chi connectivity index (χ4n) is 2.69. The van der Waals surface area contributed by atoms with E-state index in [0.717, 1.165) is 0 Å². The van der Waals surface area contributed by atoms with Crippen LogP contribution < -0.4 is 10.1 Å². The summed E-state index contributed by atoms with van der Waals surface area (Å²) >= 11 is 6.05. The van der Waals surface area contributed by atoms with Gasteiger partial charge in [-0.1, -0.05) is 23.7 Å². The number of rotatable bonds is 7. The van der Waals surface area contributed by atoms with Gasteiger partial charge in [-0.3, -0.25) is 9.48 Å². The minimum Gasteiger partial charge on any atom is -0.483 e. The fraction of sp³-hybridized carbons (Fsp3) is 0.200. The molecule has 0 bridgehead atoms. The smallest absolute Gasteiger partial charge is 0.251 e. The first-order valence-corrected chi connectivity index (χ1v) is 9.22. The molecule has 30 heavy (non-hydrogen) atoms. The third kappa shape index (κ3) is 4.56. The van der Waals surface area contributed by atoms with Gasteiger partial charge in [-0.15, -0.1) is 0 Å². The highest BCUT2D eigenvalue weighted by Crippen LogP contribution is 2.27. The molecule has 0 saturated heterocycles. The van der Waals surface area contributed by atoms with Crippen molar-refractivity contribution in [3.05, 3.63) is 81.6 Å². The number of hydrogen-bond donors (Lipinski definition) is 1. The van der Waals surface area contributed by atoms with Crippen LogP contribution in [-0.2, 0) is 19.7 Å². The minimum absolute atomic E-state index is 0.103. The van der Waals surface area contributed by atoms with Gasteiger partial charge in [-0.05, 0) is 24.6 Å². The summed E-state index contributed by atoms with van der Waals surface area (Å²) in [5.41, 5.74) is 1.43. The molecule has 0 atom stereocenters. The number of halogens is 5. The monoisotopic (exact) mass is 441 g/mol. The topological polar surface area (TPSA) is 56.2 Å². The lowest BCUT2D eigenvalue weighted by atomic mass is 10.1. The van der Waals surface area contributed by atoms with Crippen LogP contribution in [0.4, 0.5) is 17.6 Å². The number of nitrogens with one attached hydrogen (secondary N) is 1. The van der Waals surface area contributed by atoms with Crippen LogP contribution in [0.5, 0.6) is 5.75 Å². The van der Waals surface area contributed by atoms with Crippen LogP contribution in [0.3, 0.4) is 0 Å². The van der Waals surface area contributed by atoms with E-state index < -0.39 is 29.0 Å². The number of aromatic nitrogens is 2. The zero-order valence-electron chi connectivity index (χ0n) is 15.7. The molecule has 0 radical (unpaired) electrons. The molecule has 10 heteroatoms. The highest BCUT2D eigenvalue weighted by atomic mass is 35.5. The number of benzene rings is 2. The van der Waals surface area contributed by atoms with Gasteiger partial charge in [0.15, 0.2) is 17.4 Å². The normalized spacial score (nSPS) is 10.9. The van der Waals surface area contributed by atoms with Gasteiger partial charge in [-0.2, -0.15) is 13.9 Å². The lowest BCUT2D eigenvalue weighted by molar-refractivity contribution is 0.0950. The van der Waals surface area contributed by atoms with Crippen LogP contribution in [0.15, 0.2) is 36.5 Å². The van der Waals surface area contributed by atoms with Crippen molar-refractivity contribution in [2.24, 2.45) is 0 Å². The lowest BCUT2D eigenvalue weighted by Gasteiger charge is -2.10. The maximum absolute atomic E-state index is 13.6. The van der Waals surface area contributed by atoms with E-state index in [1.165, 1.54) is 30.5 Å². The van der Waals surface area contributed by atoms with Crippen molar-refractivity contribution in [2.75, 3.05) is 0 Å². The Kier molecular flexibility index (Phi) is 6.61. The number of amides is 1. The van der Waals surface area contributed by atoms with Crippen molar-refractivity contribution < 1.29 is 27.1 Å². The Hall–Kier alpha value is -3.07. The zero-order valence-corrected chi connectivity index (χ0v) is 16.4. The van der Waals surface area contributed by atoms with Gasteiger partial charge in [0.1, 0.15) is 6.61 Å². The number of carbonyl (C=O) groups excluding carboxylic acids is 1. The number of carbonyl (C=O) groups is 1. The highest BCUT2D eigenvalue weighted by molar-refractivity contribution is 6.31. The molecule has 1 N–H and O–H groups in total. The summed E-state index contributed by atoms with van der Waals surface area (Å²) in [7, 11) is 0. The second-order valence-corrected chi connectivity index (χ2v) is 6.63. The van der Waals surface area contributed by atoms with Crippen LogP contribution in [0, 0.1) is 23.3 Å². The molecule has 1 heterocycles. The molecule has 1 aromatic heterocycles. The van der Waals surface area contributed by atoms with Crippen molar-refractivity contribution in [1.82, 2.24) is 15.1 Å². The van der Waals surface area contributed by atoms with Gasteiger partial charge in [0.2, 0.25) is 11.6 Å². The van der Waals surface area contributed by atoms with Crippen molar-refractivity contribution in [3.8, 4) is 5.75 Å². The molecule has 158 valence electrons. The largest absolute Gasteiger partial charge is 0.483 e. The molecule has 0 aliphatic heterocycles. The first-order chi connectivity index (χ1) is 14.3. The second kappa shape index (κ2) is 9.17. The van der Waals surface area contributed by atoms with Gasteiger partial charge in [0, 0.05) is 18.2 Å². The molecule has 2 aromatic carbocycles. The molecule has 0 saturated carbocycles. The van der Waals surface area contributed by atoms with E-state index in [1.54, 1.807) is 4.68 Å². The molecule has 0 spiro atoms. The van der Waals surface area contributed by atoms with E-state index >= 15 is 0 Å². The second-order valence-electron chi connectivity index (χ2n) is 6.22. The molecule has 0 fully saturated rings. The zero-order chi connectivity index (χ0) is 21.8. The predicted molar refractivity (Wildman–Crippen MR) is 101 cm³/mol. The Morgan fingerprint density at radius 2 is 1.77 bits per heavy atom. The van der Waals surface area contributed by atoms with Crippen LogP contribution in [-0.4, -0.2) is 15.7 Å². The quantitative estimate of drug-likeness (QED) is 0.430. The summed E-state index contributed by atoms with van der Waals surface area (Å²) in [6.07, 6.45) is 1.50. The molecule has 3 aromatic rings. The molecular weight excluding hydrogens is 426 g/mol. The summed E-state index contributed by atoms with van der Waals surface area (Å²) in [4.78, 5) is 12.3. The molecule has 3 rings (SSSR count). The van der Waals surface area contributed by atoms with Gasteiger partial charge in [0.05, 0.1) is 23.5 Å². The number of aryl methyl sites for hydroxylation is 1. The van der Waals surface area contributed by atoms with Crippen LogP contribution in [0.25, 0.3) is 0 Å². The average Bonchev–Trinajstić information content (AvgIpc) is 3.10. The number of nitrogens with zero attached hydrogens (tertiary/aromatic N) is 2. The summed E-state index contributed by atoms with van der Waals surface area (Å²) in [6.45, 7) is 2.32. The molecule has 1 amide bonds. The van der Waals surface area contributed by atoms with E-state index in [2.05, 4.69) is 10.4 Å². The Balaban J connectivity index is 1.63. The van der Waals surface area contributed by atoms with E-state index in [1.807, 2.05) is 6.92 Å². The summed E-state index contributed by atoms with van der Waals surface area (Å²) in [6, 6.07) is 6.04. The van der Waals surface area contributed by atoms with E-state index in [-0.39, 0.29) is 25.1 Å². The number of ether oxygens (including phenoxy) is 1. The Morgan fingerprint density at radius 3 is 2.37 bits per heavy atom. The predicted octanol–water partition coefficient (Wildman–Crippen LogP) is 4.62. The van der Waals surface area contributed by atoms with Crippen molar-refractivity contribution in [2.45, 2.75) is 26.6 Å². The van der Waals surface area contributed by atoms with Gasteiger partial charge in [0.25, 0.3) is 5.91 Å². The lowest BCUT2D eigenvalue weighted by Crippen LogP contribution is -2.24. The average molecular weight is 442 g/mol. The van der Waals surface area contributed by atoms with E-state index in [4.69, 9.17) is 16.3 Å². The highest BCUT2D eigenvalue weighted by Gasteiger charge is 2.20. The standard InChI is InChI=1S/C20H16ClF4N3O2/c1-2-28-16(13(21)8-27-28)9-26-20(29)12-5-3-11(4-6-12)10-30-19-17(24)14(22)7-15(23)18(19)25/h3-8H,2,9-10H2,1H3,(H,26,29). The first kappa shape index (κ1) is 21.6. The van der Waals surface area contributed by atoms with Gasteiger partial charge < -0.3 is 10.1 Å². The van der Waals surface area contributed by atoms with Crippen LogP contribution in [0.2, 0.25) is 5.02 Å². The van der Waals surface area contributed by atoms with Gasteiger partial charge in [-0.25, -0.2) is 8.78 Å². The van der Waals surface area contributed by atoms with Crippen molar-refractivity contribution >= 4 is 17.5 Å². The maximum Gasteiger partial charge on any atom is 0.251 e. The van der Waals surface area contributed by atoms with Crippen LogP contribution >= 0.6 is 11.6 Å². The van der Waals surface area contributed by atoms with Crippen molar-refractivity contribution in [3.63, 3.8) is 0 Å². The Labute approximate surface area is 174 Å². The van der Waals surface area contributed by atoms with E-state index in [9.17, 15) is 22.4 Å². The molecule has 5 nitrogen and oxygen atoms in total. The van der Waals surface area contributed by atoms with Gasteiger partial charge >= 0.3 is 0 Å².